The fourth-order valence-corrected chi connectivity index (χ4v) is 4.77. The zero-order chi connectivity index (χ0) is 22.8. The molecule has 0 radical (unpaired) electrons. The third-order valence-corrected chi connectivity index (χ3v) is 6.60. The molecular formula is C27H26FN3O2. The molecule has 6 heteroatoms. The van der Waals surface area contributed by atoms with Crippen LogP contribution in [0.1, 0.15) is 33.9 Å². The minimum absolute atomic E-state index is 0.0146. The van der Waals surface area contributed by atoms with Crippen molar-refractivity contribution in [3.8, 4) is 0 Å². The van der Waals surface area contributed by atoms with Crippen molar-refractivity contribution in [2.24, 2.45) is 0 Å². The van der Waals surface area contributed by atoms with Gasteiger partial charge in [-0.05, 0) is 41.5 Å². The number of benzene rings is 3. The summed E-state index contributed by atoms with van der Waals surface area (Å²) in [6, 6.07) is 23.4. The predicted molar refractivity (Wildman–Crippen MR) is 125 cm³/mol. The number of nitrogens with zero attached hydrogens (tertiary/aromatic N) is 3. The van der Waals surface area contributed by atoms with Gasteiger partial charge in [-0.1, -0.05) is 48.5 Å². The van der Waals surface area contributed by atoms with E-state index in [0.29, 0.717) is 25.2 Å². The van der Waals surface area contributed by atoms with Crippen LogP contribution in [0.4, 0.5) is 10.1 Å². The van der Waals surface area contributed by atoms with Gasteiger partial charge in [-0.3, -0.25) is 9.59 Å². The highest BCUT2D eigenvalue weighted by atomic mass is 19.1. The number of carbonyl (C=O) groups is 2. The second-order valence-corrected chi connectivity index (χ2v) is 8.57. The highest BCUT2D eigenvalue weighted by Gasteiger charge is 2.35. The van der Waals surface area contributed by atoms with E-state index in [0.717, 1.165) is 29.9 Å². The molecule has 2 heterocycles. The first-order chi connectivity index (χ1) is 16.1. The molecule has 1 unspecified atom stereocenters. The largest absolute Gasteiger partial charge is 0.368 e. The Morgan fingerprint density at radius 1 is 0.848 bits per heavy atom. The Labute approximate surface area is 193 Å². The average molecular weight is 444 g/mol. The topological polar surface area (TPSA) is 43.9 Å². The van der Waals surface area contributed by atoms with Gasteiger partial charge in [0.1, 0.15) is 5.82 Å². The van der Waals surface area contributed by atoms with Crippen molar-refractivity contribution in [3.05, 3.63) is 101 Å². The van der Waals surface area contributed by atoms with Gasteiger partial charge in [0, 0.05) is 44.0 Å². The number of halogens is 1. The maximum absolute atomic E-state index is 13.6. The molecule has 3 aromatic rings. The molecule has 0 saturated carbocycles. The van der Waals surface area contributed by atoms with Crippen molar-refractivity contribution in [1.82, 2.24) is 9.80 Å². The summed E-state index contributed by atoms with van der Waals surface area (Å²) in [6.07, 6.45) is 0.177. The van der Waals surface area contributed by atoms with Gasteiger partial charge in [0.15, 0.2) is 0 Å². The second kappa shape index (κ2) is 9.06. The Bertz CT molecular complexity index is 1140. The molecule has 3 aromatic carbocycles. The van der Waals surface area contributed by atoms with Crippen molar-refractivity contribution in [3.63, 3.8) is 0 Å². The molecule has 1 fully saturated rings. The van der Waals surface area contributed by atoms with Gasteiger partial charge in [0.2, 0.25) is 5.91 Å². The minimum Gasteiger partial charge on any atom is -0.368 e. The fraction of sp³-hybridized carbons (Fsp3) is 0.259. The summed E-state index contributed by atoms with van der Waals surface area (Å²) >= 11 is 0. The lowest BCUT2D eigenvalue weighted by atomic mass is 10.0. The van der Waals surface area contributed by atoms with Crippen LogP contribution in [0.3, 0.4) is 0 Å². The molecule has 33 heavy (non-hydrogen) atoms. The van der Waals surface area contributed by atoms with Gasteiger partial charge in [-0.15, -0.1) is 0 Å². The molecule has 5 nitrogen and oxygen atoms in total. The van der Waals surface area contributed by atoms with Crippen LogP contribution in [-0.2, 0) is 11.3 Å². The standard InChI is InChI=1S/C27H26FN3O2/c28-22-12-10-20(11-13-22)25(31-19-21-6-4-5-9-24(21)27(31)33)18-26(32)30-16-14-29(15-17-30)23-7-2-1-3-8-23/h1-13,25H,14-19H2. The van der Waals surface area contributed by atoms with Crippen LogP contribution in [0.5, 0.6) is 0 Å². The fourth-order valence-electron chi connectivity index (χ4n) is 4.77. The van der Waals surface area contributed by atoms with E-state index >= 15 is 0 Å². The lowest BCUT2D eigenvalue weighted by Gasteiger charge is -2.37. The molecular weight excluding hydrogens is 417 g/mol. The highest BCUT2D eigenvalue weighted by molar-refractivity contribution is 5.98. The first-order valence-electron chi connectivity index (χ1n) is 11.3. The molecule has 2 aliphatic heterocycles. The predicted octanol–water partition coefficient (Wildman–Crippen LogP) is 4.26. The number of fused-ring (bicyclic) bond motifs is 1. The third-order valence-electron chi connectivity index (χ3n) is 6.60. The first-order valence-corrected chi connectivity index (χ1v) is 11.3. The monoisotopic (exact) mass is 443 g/mol. The number of rotatable bonds is 5. The Morgan fingerprint density at radius 3 is 2.21 bits per heavy atom. The van der Waals surface area contributed by atoms with E-state index in [1.54, 1.807) is 17.0 Å². The Hall–Kier alpha value is -3.67. The highest BCUT2D eigenvalue weighted by Crippen LogP contribution is 2.34. The zero-order valence-electron chi connectivity index (χ0n) is 18.4. The smallest absolute Gasteiger partial charge is 0.255 e. The van der Waals surface area contributed by atoms with Gasteiger partial charge in [-0.2, -0.15) is 0 Å². The summed E-state index contributed by atoms with van der Waals surface area (Å²) < 4.78 is 13.6. The average Bonchev–Trinajstić information content (AvgIpc) is 3.20. The van der Waals surface area contributed by atoms with Crippen molar-refractivity contribution in [2.75, 3.05) is 31.1 Å². The van der Waals surface area contributed by atoms with Crippen molar-refractivity contribution in [2.45, 2.75) is 19.0 Å². The Kier molecular flexibility index (Phi) is 5.82. The molecule has 168 valence electrons. The van der Waals surface area contributed by atoms with Crippen molar-refractivity contribution >= 4 is 17.5 Å². The number of carbonyl (C=O) groups excluding carboxylic acids is 2. The molecule has 0 spiro atoms. The number of anilines is 1. The Balaban J connectivity index is 1.32. The molecule has 1 atom stereocenters. The summed E-state index contributed by atoms with van der Waals surface area (Å²) in [5.41, 5.74) is 3.56. The van der Waals surface area contributed by atoms with Crippen molar-refractivity contribution in [1.29, 1.82) is 0 Å². The quantitative estimate of drug-likeness (QED) is 0.592. The van der Waals surface area contributed by atoms with Crippen molar-refractivity contribution < 1.29 is 14.0 Å². The van der Waals surface area contributed by atoms with E-state index in [2.05, 4.69) is 17.0 Å². The summed E-state index contributed by atoms with van der Waals surface area (Å²) in [5.74, 6) is -0.403. The van der Waals surface area contributed by atoms with Crippen LogP contribution >= 0.6 is 0 Å². The number of hydrogen-bond acceptors (Lipinski definition) is 3. The van der Waals surface area contributed by atoms with Crippen LogP contribution in [0, 0.1) is 5.82 Å². The van der Waals surface area contributed by atoms with Crippen LogP contribution in [0.2, 0.25) is 0 Å². The van der Waals surface area contributed by atoms with Crippen LogP contribution in [-0.4, -0.2) is 47.8 Å². The second-order valence-electron chi connectivity index (χ2n) is 8.57. The number of hydrogen-bond donors (Lipinski definition) is 0. The SMILES string of the molecule is O=C(CC(c1ccc(F)cc1)N1Cc2ccccc2C1=O)N1CCN(c2ccccc2)CC1. The van der Waals surface area contributed by atoms with Gasteiger partial charge in [-0.25, -0.2) is 4.39 Å². The molecule has 5 rings (SSSR count). The molecule has 2 aliphatic rings. The number of piperazine rings is 1. The van der Waals surface area contributed by atoms with Crippen LogP contribution in [0.15, 0.2) is 78.9 Å². The van der Waals surface area contributed by atoms with E-state index < -0.39 is 6.04 Å². The van der Waals surface area contributed by atoms with E-state index in [9.17, 15) is 14.0 Å². The normalized spacial score (nSPS) is 16.6. The first kappa shape index (κ1) is 21.2. The number of para-hydroxylation sites is 1. The lowest BCUT2D eigenvalue weighted by Crippen LogP contribution is -2.49. The third kappa shape index (κ3) is 4.33. The lowest BCUT2D eigenvalue weighted by molar-refractivity contribution is -0.132. The molecule has 1 saturated heterocycles. The maximum Gasteiger partial charge on any atom is 0.255 e. The number of amides is 2. The van der Waals surface area contributed by atoms with E-state index in [4.69, 9.17) is 0 Å². The van der Waals surface area contributed by atoms with E-state index in [-0.39, 0.29) is 24.1 Å². The molecule has 2 amide bonds. The van der Waals surface area contributed by atoms with E-state index in [1.807, 2.05) is 47.4 Å². The molecule has 0 aliphatic carbocycles. The van der Waals surface area contributed by atoms with Crippen LogP contribution in [0.25, 0.3) is 0 Å². The summed E-state index contributed by atoms with van der Waals surface area (Å²) in [6.45, 7) is 3.26. The van der Waals surface area contributed by atoms with Gasteiger partial charge >= 0.3 is 0 Å². The van der Waals surface area contributed by atoms with Gasteiger partial charge < -0.3 is 14.7 Å². The van der Waals surface area contributed by atoms with Crippen LogP contribution < -0.4 is 4.90 Å². The zero-order valence-corrected chi connectivity index (χ0v) is 18.4. The van der Waals surface area contributed by atoms with Gasteiger partial charge in [0.05, 0.1) is 12.5 Å². The van der Waals surface area contributed by atoms with Gasteiger partial charge in [0.25, 0.3) is 5.91 Å². The Morgan fingerprint density at radius 2 is 1.52 bits per heavy atom. The minimum atomic E-state index is -0.440. The summed E-state index contributed by atoms with van der Waals surface area (Å²) in [5, 5.41) is 0. The summed E-state index contributed by atoms with van der Waals surface area (Å²) in [7, 11) is 0. The molecule has 0 bridgehead atoms. The molecule has 0 aromatic heterocycles. The summed E-state index contributed by atoms with van der Waals surface area (Å²) in [4.78, 5) is 32.4. The molecule has 0 N–H and O–H groups in total. The maximum atomic E-state index is 13.6. The van der Waals surface area contributed by atoms with E-state index in [1.165, 1.54) is 12.1 Å².